The Kier molecular flexibility index (Phi) is 4.42. The van der Waals surface area contributed by atoms with E-state index in [2.05, 4.69) is 0 Å². The number of barbiturate groups is 1. The van der Waals surface area contributed by atoms with Crippen LogP contribution in [0.1, 0.15) is 22.7 Å². The van der Waals surface area contributed by atoms with Crippen LogP contribution >= 0.6 is 0 Å². The highest BCUT2D eigenvalue weighted by molar-refractivity contribution is 6.20. The van der Waals surface area contributed by atoms with Crippen molar-refractivity contribution in [2.45, 2.75) is 19.4 Å². The Morgan fingerprint density at radius 2 is 1.55 bits per heavy atom. The summed E-state index contributed by atoms with van der Waals surface area (Å²) in [6.07, 6.45) is 1.47. The number of anilines is 1. The summed E-state index contributed by atoms with van der Waals surface area (Å²) < 4.78 is 1.44. The zero-order valence-electron chi connectivity index (χ0n) is 18.8. The van der Waals surface area contributed by atoms with E-state index in [0.29, 0.717) is 11.5 Å². The zero-order chi connectivity index (χ0) is 23.7. The van der Waals surface area contributed by atoms with Crippen molar-refractivity contribution in [3.05, 3.63) is 75.7 Å². The van der Waals surface area contributed by atoms with Crippen molar-refractivity contribution in [2.24, 2.45) is 5.41 Å². The van der Waals surface area contributed by atoms with Crippen molar-refractivity contribution in [3.63, 3.8) is 0 Å². The predicted octanol–water partition coefficient (Wildman–Crippen LogP) is 1.77. The van der Waals surface area contributed by atoms with Crippen LogP contribution < -0.4 is 10.5 Å². The molecule has 1 fully saturated rings. The van der Waals surface area contributed by atoms with Gasteiger partial charge >= 0.3 is 6.03 Å². The molecule has 0 saturated carbocycles. The van der Waals surface area contributed by atoms with Crippen molar-refractivity contribution >= 4 is 29.3 Å². The third kappa shape index (κ3) is 2.62. The van der Waals surface area contributed by atoms with Gasteiger partial charge in [-0.3, -0.25) is 28.6 Å². The van der Waals surface area contributed by atoms with Gasteiger partial charge < -0.3 is 4.90 Å². The molecule has 0 bridgehead atoms. The van der Waals surface area contributed by atoms with E-state index < -0.39 is 29.3 Å². The fraction of sp³-hybridized carbons (Fsp3) is 0.292. The normalized spacial score (nSPS) is 20.1. The molecule has 168 valence electrons. The molecule has 9 heteroatoms. The second kappa shape index (κ2) is 6.99. The highest BCUT2D eigenvalue weighted by Crippen LogP contribution is 2.50. The molecule has 4 amide bonds. The number of carbonyl (C=O) groups is 3. The van der Waals surface area contributed by atoms with Gasteiger partial charge in [0.25, 0.3) is 5.56 Å². The number of nitrogens with zero attached hydrogens (tertiary/aromatic N) is 5. The van der Waals surface area contributed by atoms with Crippen LogP contribution in [0.5, 0.6) is 0 Å². The Labute approximate surface area is 189 Å². The van der Waals surface area contributed by atoms with E-state index in [1.165, 1.54) is 18.5 Å². The summed E-state index contributed by atoms with van der Waals surface area (Å²) in [4.78, 5) is 62.0. The molecule has 1 atom stereocenters. The summed E-state index contributed by atoms with van der Waals surface area (Å²) >= 11 is 0. The molecule has 0 radical (unpaired) electrons. The maximum absolute atomic E-state index is 13.7. The quantitative estimate of drug-likeness (QED) is 0.530. The molecular formula is C24H23N5O4. The lowest BCUT2D eigenvalue weighted by atomic mass is 9.67. The van der Waals surface area contributed by atoms with Crippen LogP contribution in [0.3, 0.4) is 0 Å². The number of hydrogen-bond donors (Lipinski definition) is 0. The smallest absolute Gasteiger partial charge is 0.332 e. The van der Waals surface area contributed by atoms with Crippen molar-refractivity contribution in [2.75, 3.05) is 26.0 Å². The molecule has 33 heavy (non-hydrogen) atoms. The molecule has 1 aromatic carbocycles. The van der Waals surface area contributed by atoms with Gasteiger partial charge in [0.2, 0.25) is 11.8 Å². The number of pyridine rings is 1. The molecule has 2 aliphatic rings. The number of benzene rings is 1. The van der Waals surface area contributed by atoms with Crippen LogP contribution in [0.2, 0.25) is 0 Å². The van der Waals surface area contributed by atoms with Gasteiger partial charge in [0, 0.05) is 33.8 Å². The second-order valence-electron chi connectivity index (χ2n) is 8.69. The molecule has 2 aromatic heterocycles. The first-order valence-electron chi connectivity index (χ1n) is 10.6. The molecule has 4 heterocycles. The third-order valence-electron chi connectivity index (χ3n) is 6.83. The minimum Gasteiger partial charge on any atom is -0.351 e. The Bertz CT molecular complexity index is 1370. The van der Waals surface area contributed by atoms with E-state index in [-0.39, 0.29) is 17.5 Å². The topological polar surface area (TPSA) is 95.3 Å². The third-order valence-corrected chi connectivity index (χ3v) is 6.83. The molecule has 0 N–H and O–H groups in total. The number of aryl methyl sites for hydroxylation is 1. The summed E-state index contributed by atoms with van der Waals surface area (Å²) in [6.45, 7) is 1.87. The number of hydrogen-bond acceptors (Lipinski definition) is 6. The van der Waals surface area contributed by atoms with Gasteiger partial charge in [-0.15, -0.1) is 0 Å². The first-order valence-corrected chi connectivity index (χ1v) is 10.6. The van der Waals surface area contributed by atoms with Crippen LogP contribution in [0.4, 0.5) is 10.6 Å². The van der Waals surface area contributed by atoms with Gasteiger partial charge in [-0.1, -0.05) is 36.4 Å². The number of rotatable bonds is 1. The summed E-state index contributed by atoms with van der Waals surface area (Å²) in [5.74, 6) is -0.831. The lowest BCUT2D eigenvalue weighted by Gasteiger charge is -2.51. The standard InChI is InChI=1S/C24H23N5O4/c1-14-9-8-12-29-18(14)25-19-16(20(29)30)13-24(17(26(19)2)15-10-6-5-7-11-15)21(31)27(3)23(33)28(4)22(24)32/h5-12,17H,13H2,1-4H3/t17-/m0/s1. The van der Waals surface area contributed by atoms with Gasteiger partial charge in [0.15, 0.2) is 5.41 Å². The van der Waals surface area contributed by atoms with Crippen molar-refractivity contribution in [1.82, 2.24) is 19.2 Å². The van der Waals surface area contributed by atoms with E-state index in [4.69, 9.17) is 4.98 Å². The Morgan fingerprint density at radius 1 is 0.909 bits per heavy atom. The average Bonchev–Trinajstić information content (AvgIpc) is 2.82. The number of carbonyl (C=O) groups excluding carboxylic acids is 3. The number of aromatic nitrogens is 2. The number of amides is 4. The van der Waals surface area contributed by atoms with E-state index in [0.717, 1.165) is 20.9 Å². The molecule has 9 nitrogen and oxygen atoms in total. The van der Waals surface area contributed by atoms with E-state index in [1.54, 1.807) is 24.2 Å². The Balaban J connectivity index is 1.86. The molecule has 5 rings (SSSR count). The van der Waals surface area contributed by atoms with Crippen LogP contribution in [-0.4, -0.2) is 58.2 Å². The molecular weight excluding hydrogens is 422 g/mol. The molecule has 2 aliphatic heterocycles. The van der Waals surface area contributed by atoms with Crippen molar-refractivity contribution in [3.8, 4) is 0 Å². The SMILES string of the molecule is Cc1cccn2c(=O)c3c(nc12)N(C)[C@@H](c1ccccc1)C1(C3)C(=O)N(C)C(=O)N(C)C1=O. The first-order chi connectivity index (χ1) is 15.7. The highest BCUT2D eigenvalue weighted by Gasteiger charge is 2.63. The monoisotopic (exact) mass is 445 g/mol. The maximum Gasteiger partial charge on any atom is 0.332 e. The fourth-order valence-electron chi connectivity index (χ4n) is 5.22. The minimum absolute atomic E-state index is 0.158. The fourth-order valence-corrected chi connectivity index (χ4v) is 5.22. The summed E-state index contributed by atoms with van der Waals surface area (Å²) in [7, 11) is 4.46. The number of urea groups is 1. The zero-order valence-corrected chi connectivity index (χ0v) is 18.8. The lowest BCUT2D eigenvalue weighted by Crippen LogP contribution is -2.68. The summed E-state index contributed by atoms with van der Waals surface area (Å²) in [5.41, 5.74) is 0.304. The van der Waals surface area contributed by atoms with Crippen LogP contribution in [0.15, 0.2) is 53.5 Å². The van der Waals surface area contributed by atoms with Crippen LogP contribution in [0.25, 0.3) is 5.65 Å². The minimum atomic E-state index is -1.70. The van der Waals surface area contributed by atoms with Gasteiger partial charge in [-0.05, 0) is 24.1 Å². The maximum atomic E-state index is 13.7. The van der Waals surface area contributed by atoms with Crippen molar-refractivity contribution in [1.29, 1.82) is 0 Å². The van der Waals surface area contributed by atoms with Crippen molar-refractivity contribution < 1.29 is 14.4 Å². The van der Waals surface area contributed by atoms with E-state index in [1.807, 2.05) is 43.3 Å². The summed E-state index contributed by atoms with van der Waals surface area (Å²) in [6, 6.07) is 11.4. The molecule has 0 aliphatic carbocycles. The predicted molar refractivity (Wildman–Crippen MR) is 121 cm³/mol. The van der Waals surface area contributed by atoms with Gasteiger partial charge in [0.05, 0.1) is 11.6 Å². The average molecular weight is 445 g/mol. The number of imide groups is 2. The van der Waals surface area contributed by atoms with Gasteiger partial charge in [0.1, 0.15) is 11.5 Å². The Morgan fingerprint density at radius 3 is 2.18 bits per heavy atom. The summed E-state index contributed by atoms with van der Waals surface area (Å²) in [5, 5.41) is 0. The van der Waals surface area contributed by atoms with Crippen LogP contribution in [0, 0.1) is 12.3 Å². The van der Waals surface area contributed by atoms with Gasteiger partial charge in [-0.25, -0.2) is 9.78 Å². The second-order valence-corrected chi connectivity index (χ2v) is 8.69. The lowest BCUT2D eigenvalue weighted by molar-refractivity contribution is -0.159. The molecule has 1 saturated heterocycles. The number of fused-ring (bicyclic) bond motifs is 2. The van der Waals surface area contributed by atoms with Crippen LogP contribution in [-0.2, 0) is 16.0 Å². The van der Waals surface area contributed by atoms with E-state index in [9.17, 15) is 19.2 Å². The molecule has 0 unspecified atom stereocenters. The van der Waals surface area contributed by atoms with Gasteiger partial charge in [-0.2, -0.15) is 0 Å². The first kappa shape index (κ1) is 20.9. The molecule has 1 spiro atoms. The highest BCUT2D eigenvalue weighted by atomic mass is 16.2. The van der Waals surface area contributed by atoms with E-state index >= 15 is 0 Å². The largest absolute Gasteiger partial charge is 0.351 e. The Hall–Kier alpha value is -4.01. The molecule has 3 aromatic rings.